The minimum Gasteiger partial charge on any atom is -0.325 e. The summed E-state index contributed by atoms with van der Waals surface area (Å²) in [7, 11) is 0. The summed E-state index contributed by atoms with van der Waals surface area (Å²) in [6.07, 6.45) is 6.72. The maximum absolute atomic E-state index is 11.5. The Morgan fingerprint density at radius 2 is 2.06 bits per heavy atom. The van der Waals surface area contributed by atoms with E-state index in [-0.39, 0.29) is 12.5 Å². The largest absolute Gasteiger partial charge is 0.325 e. The number of hydrogen-bond acceptors (Lipinski definition) is 2. The van der Waals surface area contributed by atoms with Crippen LogP contribution >= 0.6 is 11.6 Å². The molecule has 0 aliphatic rings. The Kier molecular flexibility index (Phi) is 6.16. The van der Waals surface area contributed by atoms with E-state index in [2.05, 4.69) is 16.6 Å². The zero-order chi connectivity index (χ0) is 12.5. The molecule has 0 aliphatic heterocycles. The van der Waals surface area contributed by atoms with Crippen molar-refractivity contribution in [3.63, 3.8) is 0 Å². The Morgan fingerprint density at radius 3 is 2.71 bits per heavy atom. The fraction of sp³-hybridized carbons (Fsp3) is 0.308. The Labute approximate surface area is 107 Å². The zero-order valence-corrected chi connectivity index (χ0v) is 10.3. The van der Waals surface area contributed by atoms with Gasteiger partial charge in [0, 0.05) is 17.1 Å². The molecule has 0 aliphatic carbocycles. The summed E-state index contributed by atoms with van der Waals surface area (Å²) in [5.41, 5.74) is 0.741. The average Bonchev–Trinajstić information content (AvgIpc) is 2.32. The van der Waals surface area contributed by atoms with Gasteiger partial charge in [0.25, 0.3) is 0 Å². The monoisotopic (exact) mass is 250 g/mol. The molecule has 0 spiro atoms. The summed E-state index contributed by atoms with van der Waals surface area (Å²) in [4.78, 5) is 11.5. The van der Waals surface area contributed by atoms with Crippen LogP contribution in [0.5, 0.6) is 0 Å². The highest BCUT2D eigenvalue weighted by atomic mass is 35.5. The van der Waals surface area contributed by atoms with Crippen molar-refractivity contribution < 1.29 is 4.79 Å². The van der Waals surface area contributed by atoms with E-state index < -0.39 is 0 Å². The molecule has 0 atom stereocenters. The molecule has 1 rings (SSSR count). The van der Waals surface area contributed by atoms with Crippen LogP contribution in [0.25, 0.3) is 0 Å². The first-order valence-corrected chi connectivity index (χ1v) is 5.80. The molecule has 1 amide bonds. The minimum atomic E-state index is -0.0759. The van der Waals surface area contributed by atoms with E-state index in [9.17, 15) is 4.79 Å². The predicted molar refractivity (Wildman–Crippen MR) is 71.0 cm³/mol. The highest BCUT2D eigenvalue weighted by Crippen LogP contribution is 2.12. The van der Waals surface area contributed by atoms with E-state index >= 15 is 0 Å². The number of halogens is 1. The second kappa shape index (κ2) is 7.72. The Hall–Kier alpha value is -1.50. The molecule has 4 heteroatoms. The highest BCUT2D eigenvalue weighted by molar-refractivity contribution is 6.30. The van der Waals surface area contributed by atoms with E-state index in [0.29, 0.717) is 5.02 Å². The van der Waals surface area contributed by atoms with Gasteiger partial charge in [0.2, 0.25) is 5.91 Å². The topological polar surface area (TPSA) is 41.1 Å². The summed E-state index contributed by atoms with van der Waals surface area (Å²) in [5, 5.41) is 6.43. The predicted octanol–water partition coefficient (Wildman–Crippen LogP) is 2.28. The number of carbonyl (C=O) groups is 1. The molecule has 0 fully saturated rings. The standard InChI is InChI=1S/C13H15ClN2O/c1-2-3-4-9-15-10-13(17)16-12-7-5-11(14)6-8-12/h1,5-8,15H,3-4,9-10H2,(H,16,17). The molecule has 0 saturated carbocycles. The number of anilines is 1. The fourth-order valence-corrected chi connectivity index (χ4v) is 1.38. The lowest BCUT2D eigenvalue weighted by Crippen LogP contribution is -2.28. The van der Waals surface area contributed by atoms with Gasteiger partial charge in [0.15, 0.2) is 0 Å². The first-order chi connectivity index (χ1) is 8.22. The van der Waals surface area contributed by atoms with Gasteiger partial charge in [-0.2, -0.15) is 0 Å². The Bertz CT molecular complexity index is 395. The van der Waals surface area contributed by atoms with Crippen LogP contribution in [0.2, 0.25) is 5.02 Å². The van der Waals surface area contributed by atoms with Crippen molar-refractivity contribution in [2.45, 2.75) is 12.8 Å². The minimum absolute atomic E-state index is 0.0759. The second-order valence-electron chi connectivity index (χ2n) is 3.54. The molecule has 17 heavy (non-hydrogen) atoms. The number of carbonyl (C=O) groups excluding carboxylic acids is 1. The molecule has 1 aromatic carbocycles. The van der Waals surface area contributed by atoms with Gasteiger partial charge in [-0.05, 0) is 37.2 Å². The molecular weight excluding hydrogens is 236 g/mol. The van der Waals surface area contributed by atoms with E-state index in [4.69, 9.17) is 18.0 Å². The molecule has 90 valence electrons. The molecule has 0 radical (unpaired) electrons. The molecule has 0 bridgehead atoms. The number of rotatable bonds is 6. The quantitative estimate of drug-likeness (QED) is 0.601. The molecule has 3 nitrogen and oxygen atoms in total. The van der Waals surface area contributed by atoms with Gasteiger partial charge in [0.05, 0.1) is 6.54 Å². The lowest BCUT2D eigenvalue weighted by molar-refractivity contribution is -0.115. The summed E-state index contributed by atoms with van der Waals surface area (Å²) in [5.74, 6) is 2.47. The molecule has 0 unspecified atom stereocenters. The van der Waals surface area contributed by atoms with E-state index in [1.165, 1.54) is 0 Å². The van der Waals surface area contributed by atoms with Crippen molar-refractivity contribution >= 4 is 23.2 Å². The van der Waals surface area contributed by atoms with E-state index in [1.54, 1.807) is 24.3 Å². The van der Waals surface area contributed by atoms with Gasteiger partial charge >= 0.3 is 0 Å². The van der Waals surface area contributed by atoms with Crippen LogP contribution in [-0.2, 0) is 4.79 Å². The lowest BCUT2D eigenvalue weighted by Gasteiger charge is -2.06. The normalized spacial score (nSPS) is 9.65. The van der Waals surface area contributed by atoms with Crippen molar-refractivity contribution in [1.29, 1.82) is 0 Å². The van der Waals surface area contributed by atoms with E-state index in [0.717, 1.165) is 25.1 Å². The molecule has 1 aromatic rings. The number of nitrogens with one attached hydrogen (secondary N) is 2. The van der Waals surface area contributed by atoms with Gasteiger partial charge in [-0.25, -0.2) is 0 Å². The zero-order valence-electron chi connectivity index (χ0n) is 9.50. The molecule has 0 saturated heterocycles. The maximum Gasteiger partial charge on any atom is 0.238 e. The summed E-state index contributed by atoms with van der Waals surface area (Å²) >= 11 is 5.74. The summed E-state index contributed by atoms with van der Waals surface area (Å²) in [6.45, 7) is 1.03. The number of unbranched alkanes of at least 4 members (excludes halogenated alkanes) is 1. The van der Waals surface area contributed by atoms with Crippen molar-refractivity contribution in [2.24, 2.45) is 0 Å². The number of hydrogen-bond donors (Lipinski definition) is 2. The third-order valence-electron chi connectivity index (χ3n) is 2.09. The van der Waals surface area contributed by atoms with Crippen LogP contribution in [0.4, 0.5) is 5.69 Å². The average molecular weight is 251 g/mol. The smallest absolute Gasteiger partial charge is 0.238 e. The first-order valence-electron chi connectivity index (χ1n) is 5.42. The van der Waals surface area contributed by atoms with Gasteiger partial charge in [-0.1, -0.05) is 11.6 Å². The van der Waals surface area contributed by atoms with Crippen LogP contribution < -0.4 is 10.6 Å². The summed E-state index contributed by atoms with van der Waals surface area (Å²) in [6, 6.07) is 6.99. The Balaban J connectivity index is 2.21. The van der Waals surface area contributed by atoms with Gasteiger partial charge in [-0.15, -0.1) is 12.3 Å². The fourth-order valence-electron chi connectivity index (χ4n) is 1.26. The van der Waals surface area contributed by atoms with Crippen molar-refractivity contribution in [2.75, 3.05) is 18.4 Å². The van der Waals surface area contributed by atoms with Gasteiger partial charge in [0.1, 0.15) is 0 Å². The SMILES string of the molecule is C#CCCCNCC(=O)Nc1ccc(Cl)cc1. The lowest BCUT2D eigenvalue weighted by atomic mass is 10.3. The maximum atomic E-state index is 11.5. The van der Waals surface area contributed by atoms with Crippen molar-refractivity contribution in [3.05, 3.63) is 29.3 Å². The highest BCUT2D eigenvalue weighted by Gasteiger charge is 2.00. The number of terminal acetylenes is 1. The third kappa shape index (κ3) is 5.96. The van der Waals surface area contributed by atoms with Gasteiger partial charge in [-0.3, -0.25) is 4.79 Å². The van der Waals surface area contributed by atoms with Crippen LogP contribution in [0.3, 0.4) is 0 Å². The molecular formula is C13H15ClN2O. The summed E-state index contributed by atoms with van der Waals surface area (Å²) < 4.78 is 0. The second-order valence-corrected chi connectivity index (χ2v) is 3.98. The van der Waals surface area contributed by atoms with Crippen LogP contribution in [0, 0.1) is 12.3 Å². The third-order valence-corrected chi connectivity index (χ3v) is 2.34. The van der Waals surface area contributed by atoms with Crippen LogP contribution in [0.1, 0.15) is 12.8 Å². The van der Waals surface area contributed by atoms with Crippen LogP contribution in [0.15, 0.2) is 24.3 Å². The van der Waals surface area contributed by atoms with Crippen LogP contribution in [-0.4, -0.2) is 19.0 Å². The number of amides is 1. The first kappa shape index (κ1) is 13.6. The molecule has 0 aromatic heterocycles. The number of benzene rings is 1. The molecule has 0 heterocycles. The Morgan fingerprint density at radius 1 is 1.35 bits per heavy atom. The van der Waals surface area contributed by atoms with E-state index in [1.807, 2.05) is 0 Å². The molecule has 2 N–H and O–H groups in total. The van der Waals surface area contributed by atoms with Gasteiger partial charge < -0.3 is 10.6 Å². The van der Waals surface area contributed by atoms with Crippen molar-refractivity contribution in [1.82, 2.24) is 5.32 Å². The van der Waals surface area contributed by atoms with Crippen molar-refractivity contribution in [3.8, 4) is 12.3 Å².